The Morgan fingerprint density at radius 1 is 1.33 bits per heavy atom. The average molecular weight is 207 g/mol. The van der Waals surface area contributed by atoms with Crippen molar-refractivity contribution in [3.8, 4) is 0 Å². The smallest absolute Gasteiger partial charge is 0.109 e. The van der Waals surface area contributed by atoms with Crippen LogP contribution in [0.4, 0.5) is 0 Å². The molecular formula is C12H17NO2. The van der Waals surface area contributed by atoms with Gasteiger partial charge in [-0.3, -0.25) is 4.84 Å². The van der Waals surface area contributed by atoms with E-state index in [0.717, 1.165) is 25.2 Å². The average Bonchev–Trinajstić information content (AvgIpc) is 2.28. The molecule has 1 aromatic carbocycles. The van der Waals surface area contributed by atoms with Crippen LogP contribution in [0, 0.1) is 0 Å². The van der Waals surface area contributed by atoms with Crippen LogP contribution in [0.2, 0.25) is 0 Å². The molecule has 0 bridgehead atoms. The van der Waals surface area contributed by atoms with E-state index >= 15 is 0 Å². The lowest BCUT2D eigenvalue weighted by molar-refractivity contribution is -0.0237. The van der Waals surface area contributed by atoms with Crippen molar-refractivity contribution in [3.05, 3.63) is 34.9 Å². The molecule has 1 aliphatic rings. The molecule has 1 heterocycles. The van der Waals surface area contributed by atoms with Gasteiger partial charge in [0, 0.05) is 0 Å². The molecule has 3 nitrogen and oxygen atoms in total. The molecule has 0 aromatic heterocycles. The standard InChI is InChI=1S/C12H17NO2/c1-12(2,15-13)11-4-3-10-8-14-6-5-9(10)7-11/h3-4,7H,5-6,8,13H2,1-2H3. The van der Waals surface area contributed by atoms with Gasteiger partial charge in [-0.25, -0.2) is 5.90 Å². The molecule has 82 valence electrons. The fraction of sp³-hybridized carbons (Fsp3) is 0.500. The predicted octanol–water partition coefficient (Wildman–Crippen LogP) is 1.88. The summed E-state index contributed by atoms with van der Waals surface area (Å²) in [5.41, 5.74) is 3.32. The summed E-state index contributed by atoms with van der Waals surface area (Å²) in [7, 11) is 0. The minimum absolute atomic E-state index is 0.423. The zero-order valence-electron chi connectivity index (χ0n) is 9.25. The molecule has 0 spiro atoms. The number of ether oxygens (including phenoxy) is 1. The third kappa shape index (κ3) is 2.04. The third-order valence-electron chi connectivity index (χ3n) is 2.97. The number of hydrogen-bond donors (Lipinski definition) is 1. The molecule has 0 saturated heterocycles. The Kier molecular flexibility index (Phi) is 2.78. The Bertz CT molecular complexity index is 361. The Hall–Kier alpha value is -0.900. The Morgan fingerprint density at radius 2 is 2.13 bits per heavy atom. The fourth-order valence-corrected chi connectivity index (χ4v) is 1.81. The number of hydrogen-bond acceptors (Lipinski definition) is 3. The quantitative estimate of drug-likeness (QED) is 0.753. The molecule has 3 heteroatoms. The Balaban J connectivity index is 2.36. The van der Waals surface area contributed by atoms with Gasteiger partial charge in [-0.15, -0.1) is 0 Å². The summed E-state index contributed by atoms with van der Waals surface area (Å²) in [6.45, 7) is 5.46. The minimum atomic E-state index is -0.423. The van der Waals surface area contributed by atoms with Crippen molar-refractivity contribution in [1.82, 2.24) is 0 Å². The van der Waals surface area contributed by atoms with Crippen molar-refractivity contribution in [2.45, 2.75) is 32.5 Å². The number of benzene rings is 1. The second kappa shape index (κ2) is 3.93. The molecule has 2 rings (SSSR count). The van der Waals surface area contributed by atoms with E-state index in [-0.39, 0.29) is 0 Å². The van der Waals surface area contributed by atoms with Crippen LogP contribution in [0.25, 0.3) is 0 Å². The topological polar surface area (TPSA) is 44.5 Å². The highest BCUT2D eigenvalue weighted by molar-refractivity contribution is 5.35. The second-order valence-electron chi connectivity index (χ2n) is 4.41. The van der Waals surface area contributed by atoms with Crippen molar-refractivity contribution in [1.29, 1.82) is 0 Å². The van der Waals surface area contributed by atoms with Gasteiger partial charge in [0.1, 0.15) is 5.60 Å². The van der Waals surface area contributed by atoms with Crippen LogP contribution in [-0.4, -0.2) is 6.61 Å². The summed E-state index contributed by atoms with van der Waals surface area (Å²) >= 11 is 0. The van der Waals surface area contributed by atoms with Gasteiger partial charge in [0.05, 0.1) is 13.2 Å². The molecule has 15 heavy (non-hydrogen) atoms. The van der Waals surface area contributed by atoms with Gasteiger partial charge in [0.2, 0.25) is 0 Å². The molecule has 0 aliphatic carbocycles. The van der Waals surface area contributed by atoms with E-state index in [9.17, 15) is 0 Å². The Morgan fingerprint density at radius 3 is 2.87 bits per heavy atom. The first kappa shape index (κ1) is 10.6. The molecule has 1 aliphatic heterocycles. The summed E-state index contributed by atoms with van der Waals surface area (Å²) < 4.78 is 5.39. The molecule has 0 saturated carbocycles. The largest absolute Gasteiger partial charge is 0.376 e. The normalized spacial score (nSPS) is 16.2. The van der Waals surface area contributed by atoms with Gasteiger partial charge in [-0.2, -0.15) is 0 Å². The van der Waals surface area contributed by atoms with Crippen LogP contribution in [0.1, 0.15) is 30.5 Å². The van der Waals surface area contributed by atoms with E-state index in [1.807, 2.05) is 13.8 Å². The van der Waals surface area contributed by atoms with Crippen molar-refractivity contribution < 1.29 is 9.57 Å². The van der Waals surface area contributed by atoms with E-state index in [1.165, 1.54) is 11.1 Å². The van der Waals surface area contributed by atoms with Crippen LogP contribution < -0.4 is 5.90 Å². The highest BCUT2D eigenvalue weighted by Gasteiger charge is 2.22. The van der Waals surface area contributed by atoms with Crippen molar-refractivity contribution in [2.75, 3.05) is 6.61 Å². The molecule has 1 aromatic rings. The molecule has 0 atom stereocenters. The van der Waals surface area contributed by atoms with Gasteiger partial charge in [0.25, 0.3) is 0 Å². The molecule has 0 radical (unpaired) electrons. The van der Waals surface area contributed by atoms with E-state index in [2.05, 4.69) is 18.2 Å². The number of fused-ring (bicyclic) bond motifs is 1. The maximum Gasteiger partial charge on any atom is 0.109 e. The molecule has 0 fully saturated rings. The van der Waals surface area contributed by atoms with Gasteiger partial charge < -0.3 is 4.74 Å². The van der Waals surface area contributed by atoms with E-state index in [0.29, 0.717) is 0 Å². The summed E-state index contributed by atoms with van der Waals surface area (Å²) in [6.07, 6.45) is 0.976. The minimum Gasteiger partial charge on any atom is -0.376 e. The van der Waals surface area contributed by atoms with Gasteiger partial charge in [0.15, 0.2) is 0 Å². The lowest BCUT2D eigenvalue weighted by Gasteiger charge is -2.25. The second-order valence-corrected chi connectivity index (χ2v) is 4.41. The van der Waals surface area contributed by atoms with Gasteiger partial charge >= 0.3 is 0 Å². The molecule has 0 unspecified atom stereocenters. The summed E-state index contributed by atoms with van der Waals surface area (Å²) in [5.74, 6) is 5.29. The first-order valence-corrected chi connectivity index (χ1v) is 5.21. The number of nitrogens with two attached hydrogens (primary N) is 1. The SMILES string of the molecule is CC(C)(ON)c1ccc2c(c1)CCOC2. The van der Waals surface area contributed by atoms with Gasteiger partial charge in [-0.1, -0.05) is 18.2 Å². The number of rotatable bonds is 2. The summed E-state index contributed by atoms with van der Waals surface area (Å²) in [4.78, 5) is 4.98. The van der Waals surface area contributed by atoms with E-state index < -0.39 is 5.60 Å². The monoisotopic (exact) mass is 207 g/mol. The summed E-state index contributed by atoms with van der Waals surface area (Å²) in [6, 6.07) is 6.33. The zero-order chi connectivity index (χ0) is 10.9. The molecular weight excluding hydrogens is 190 g/mol. The Labute approximate surface area is 90.1 Å². The van der Waals surface area contributed by atoms with Crippen LogP contribution in [0.5, 0.6) is 0 Å². The first-order chi connectivity index (χ1) is 7.13. The van der Waals surface area contributed by atoms with E-state index in [4.69, 9.17) is 15.5 Å². The lowest BCUT2D eigenvalue weighted by atomic mass is 9.92. The van der Waals surface area contributed by atoms with Crippen LogP contribution in [0.3, 0.4) is 0 Å². The maximum atomic E-state index is 5.39. The van der Waals surface area contributed by atoms with Crippen molar-refractivity contribution in [2.24, 2.45) is 5.90 Å². The van der Waals surface area contributed by atoms with Gasteiger partial charge in [-0.05, 0) is 37.0 Å². The van der Waals surface area contributed by atoms with Crippen LogP contribution in [0.15, 0.2) is 18.2 Å². The van der Waals surface area contributed by atoms with E-state index in [1.54, 1.807) is 0 Å². The highest BCUT2D eigenvalue weighted by Crippen LogP contribution is 2.27. The lowest BCUT2D eigenvalue weighted by Crippen LogP contribution is -2.26. The predicted molar refractivity (Wildman–Crippen MR) is 58.1 cm³/mol. The van der Waals surface area contributed by atoms with Crippen molar-refractivity contribution in [3.63, 3.8) is 0 Å². The fourth-order valence-electron chi connectivity index (χ4n) is 1.81. The maximum absolute atomic E-state index is 5.39. The zero-order valence-corrected chi connectivity index (χ0v) is 9.25. The van der Waals surface area contributed by atoms with Crippen LogP contribution >= 0.6 is 0 Å². The van der Waals surface area contributed by atoms with Crippen molar-refractivity contribution >= 4 is 0 Å². The summed E-state index contributed by atoms with van der Waals surface area (Å²) in [5, 5.41) is 0. The molecule has 2 N–H and O–H groups in total. The molecule has 0 amide bonds. The highest BCUT2D eigenvalue weighted by atomic mass is 16.6. The first-order valence-electron chi connectivity index (χ1n) is 5.21. The third-order valence-corrected chi connectivity index (χ3v) is 2.97. The van der Waals surface area contributed by atoms with Crippen LogP contribution in [-0.2, 0) is 28.2 Å².